The molecule has 1 aliphatic heterocycles. The minimum Gasteiger partial charge on any atom is -0.330 e. The summed E-state index contributed by atoms with van der Waals surface area (Å²) < 4.78 is 12.8. The highest BCUT2D eigenvalue weighted by atomic mass is 19.1. The summed E-state index contributed by atoms with van der Waals surface area (Å²) in [6.45, 7) is 3.33. The molecule has 0 spiro atoms. The van der Waals surface area contributed by atoms with Crippen LogP contribution in [0, 0.1) is 11.7 Å². The molecule has 4 nitrogen and oxygen atoms in total. The zero-order valence-corrected chi connectivity index (χ0v) is 11.1. The molecule has 0 aromatic heterocycles. The maximum absolute atomic E-state index is 12.8. The van der Waals surface area contributed by atoms with Gasteiger partial charge in [0.15, 0.2) is 0 Å². The molecule has 0 bridgehead atoms. The van der Waals surface area contributed by atoms with E-state index in [0.29, 0.717) is 24.7 Å². The molecule has 1 heterocycles. The average molecular weight is 265 g/mol. The minimum absolute atomic E-state index is 0.141. The minimum atomic E-state index is -0.312. The molecule has 2 rings (SSSR count). The molecule has 1 saturated heterocycles. The molecule has 5 heteroatoms. The number of hydrogen-bond donors (Lipinski definition) is 2. The number of nitrogens with two attached hydrogens (primary N) is 1. The van der Waals surface area contributed by atoms with Crippen LogP contribution < -0.4 is 11.1 Å². The first-order valence-corrected chi connectivity index (χ1v) is 6.63. The van der Waals surface area contributed by atoms with E-state index in [1.54, 1.807) is 12.1 Å². The molecule has 1 aliphatic rings. The largest absolute Gasteiger partial charge is 0.330 e. The first-order chi connectivity index (χ1) is 9.10. The van der Waals surface area contributed by atoms with Crippen LogP contribution in [0.4, 0.5) is 14.9 Å². The van der Waals surface area contributed by atoms with Crippen molar-refractivity contribution in [3.63, 3.8) is 0 Å². The van der Waals surface area contributed by atoms with Gasteiger partial charge in [-0.3, -0.25) is 0 Å². The summed E-state index contributed by atoms with van der Waals surface area (Å²) >= 11 is 0. The first kappa shape index (κ1) is 13.8. The highest BCUT2D eigenvalue weighted by Crippen LogP contribution is 2.22. The molecule has 0 radical (unpaired) electrons. The number of benzene rings is 1. The molecular weight excluding hydrogens is 245 g/mol. The molecule has 2 unspecified atom stereocenters. The first-order valence-electron chi connectivity index (χ1n) is 6.63. The van der Waals surface area contributed by atoms with Crippen molar-refractivity contribution in [2.75, 3.05) is 18.4 Å². The van der Waals surface area contributed by atoms with E-state index in [1.807, 2.05) is 11.8 Å². The Balaban J connectivity index is 2.00. The van der Waals surface area contributed by atoms with Crippen LogP contribution in [0.5, 0.6) is 0 Å². The van der Waals surface area contributed by atoms with Gasteiger partial charge in [0.05, 0.1) is 0 Å². The van der Waals surface area contributed by atoms with Crippen molar-refractivity contribution in [3.8, 4) is 0 Å². The van der Waals surface area contributed by atoms with Crippen LogP contribution >= 0.6 is 0 Å². The van der Waals surface area contributed by atoms with Gasteiger partial charge < -0.3 is 16.0 Å². The third kappa shape index (κ3) is 3.44. The van der Waals surface area contributed by atoms with Gasteiger partial charge in [-0.25, -0.2) is 9.18 Å². The highest BCUT2D eigenvalue weighted by Gasteiger charge is 2.28. The maximum atomic E-state index is 12.8. The topological polar surface area (TPSA) is 58.4 Å². The fraction of sp³-hybridized carbons (Fsp3) is 0.500. The SMILES string of the molecule is CC1CCC(CN)CN1C(=O)Nc1ccc(F)cc1. The molecule has 1 aromatic carbocycles. The Labute approximate surface area is 112 Å². The summed E-state index contributed by atoms with van der Waals surface area (Å²) in [5.74, 6) is 0.0581. The Morgan fingerprint density at radius 3 is 2.74 bits per heavy atom. The van der Waals surface area contributed by atoms with Gasteiger partial charge in [0, 0.05) is 18.3 Å². The fourth-order valence-electron chi connectivity index (χ4n) is 2.39. The number of amides is 2. The van der Waals surface area contributed by atoms with Crippen LogP contribution in [0.25, 0.3) is 0 Å². The number of urea groups is 1. The molecule has 19 heavy (non-hydrogen) atoms. The number of rotatable bonds is 2. The zero-order chi connectivity index (χ0) is 13.8. The van der Waals surface area contributed by atoms with E-state index in [2.05, 4.69) is 5.32 Å². The van der Waals surface area contributed by atoms with Crippen molar-refractivity contribution in [1.82, 2.24) is 4.90 Å². The van der Waals surface area contributed by atoms with Crippen LogP contribution in [-0.2, 0) is 0 Å². The van der Waals surface area contributed by atoms with Gasteiger partial charge in [0.2, 0.25) is 0 Å². The monoisotopic (exact) mass is 265 g/mol. The van der Waals surface area contributed by atoms with E-state index in [1.165, 1.54) is 12.1 Å². The van der Waals surface area contributed by atoms with E-state index >= 15 is 0 Å². The Morgan fingerprint density at radius 2 is 2.11 bits per heavy atom. The second kappa shape index (κ2) is 6.02. The van der Waals surface area contributed by atoms with Crippen molar-refractivity contribution in [2.45, 2.75) is 25.8 Å². The molecular formula is C14H20FN3O. The second-order valence-electron chi connectivity index (χ2n) is 5.12. The van der Waals surface area contributed by atoms with Crippen LogP contribution in [-0.4, -0.2) is 30.1 Å². The lowest BCUT2D eigenvalue weighted by Crippen LogP contribution is -2.48. The number of carbonyl (C=O) groups excluding carboxylic acids is 1. The van der Waals surface area contributed by atoms with Gasteiger partial charge in [0.1, 0.15) is 5.82 Å². The standard InChI is InChI=1S/C14H20FN3O/c1-10-2-3-11(8-16)9-18(10)14(19)17-13-6-4-12(15)5-7-13/h4-7,10-11H,2-3,8-9,16H2,1H3,(H,17,19). The van der Waals surface area contributed by atoms with Crippen molar-refractivity contribution < 1.29 is 9.18 Å². The molecule has 0 aliphatic carbocycles. The predicted molar refractivity (Wildman–Crippen MR) is 73.4 cm³/mol. The number of likely N-dealkylation sites (tertiary alicyclic amines) is 1. The van der Waals surface area contributed by atoms with Gasteiger partial charge in [-0.2, -0.15) is 0 Å². The van der Waals surface area contributed by atoms with Crippen molar-refractivity contribution in [3.05, 3.63) is 30.1 Å². The summed E-state index contributed by atoms with van der Waals surface area (Å²) in [7, 11) is 0. The van der Waals surface area contributed by atoms with Crippen LogP contribution in [0.3, 0.4) is 0 Å². The van der Waals surface area contributed by atoms with Crippen LogP contribution in [0.2, 0.25) is 0 Å². The number of nitrogens with zero attached hydrogens (tertiary/aromatic N) is 1. The molecule has 1 fully saturated rings. The molecule has 1 aromatic rings. The average Bonchev–Trinajstić information content (AvgIpc) is 2.42. The van der Waals surface area contributed by atoms with Crippen molar-refractivity contribution in [2.24, 2.45) is 11.7 Å². The summed E-state index contributed by atoms with van der Waals surface area (Å²) in [4.78, 5) is 14.0. The van der Waals surface area contributed by atoms with E-state index in [4.69, 9.17) is 5.73 Å². The number of hydrogen-bond acceptors (Lipinski definition) is 2. The Kier molecular flexibility index (Phi) is 4.37. The lowest BCUT2D eigenvalue weighted by atomic mass is 9.94. The number of carbonyl (C=O) groups is 1. The second-order valence-corrected chi connectivity index (χ2v) is 5.12. The Hall–Kier alpha value is -1.62. The third-order valence-corrected chi connectivity index (χ3v) is 3.67. The summed E-state index contributed by atoms with van der Waals surface area (Å²) in [5.41, 5.74) is 6.29. The van der Waals surface area contributed by atoms with Gasteiger partial charge in [-0.15, -0.1) is 0 Å². The molecule has 3 N–H and O–H groups in total. The maximum Gasteiger partial charge on any atom is 0.322 e. The van der Waals surface area contributed by atoms with Gasteiger partial charge in [0.25, 0.3) is 0 Å². The van der Waals surface area contributed by atoms with E-state index < -0.39 is 0 Å². The summed E-state index contributed by atoms with van der Waals surface area (Å²) in [6.07, 6.45) is 2.04. The number of nitrogens with one attached hydrogen (secondary N) is 1. The van der Waals surface area contributed by atoms with Crippen LogP contribution in [0.15, 0.2) is 24.3 Å². The number of halogens is 1. The van der Waals surface area contributed by atoms with Gasteiger partial charge >= 0.3 is 6.03 Å². The molecule has 2 amide bonds. The molecule has 104 valence electrons. The van der Waals surface area contributed by atoms with Crippen molar-refractivity contribution in [1.29, 1.82) is 0 Å². The molecule has 0 saturated carbocycles. The van der Waals surface area contributed by atoms with Gasteiger partial charge in [-0.05, 0) is 56.5 Å². The summed E-state index contributed by atoms with van der Waals surface area (Å²) in [5, 5.41) is 2.79. The number of piperidine rings is 1. The lowest BCUT2D eigenvalue weighted by molar-refractivity contribution is 0.144. The zero-order valence-electron chi connectivity index (χ0n) is 11.1. The predicted octanol–water partition coefficient (Wildman–Crippen LogP) is 2.42. The van der Waals surface area contributed by atoms with E-state index in [-0.39, 0.29) is 17.9 Å². The normalized spacial score (nSPS) is 23.2. The quantitative estimate of drug-likeness (QED) is 0.862. The highest BCUT2D eigenvalue weighted by molar-refractivity contribution is 5.89. The van der Waals surface area contributed by atoms with Crippen LogP contribution in [0.1, 0.15) is 19.8 Å². The number of anilines is 1. The lowest BCUT2D eigenvalue weighted by Gasteiger charge is -2.37. The Morgan fingerprint density at radius 1 is 1.42 bits per heavy atom. The summed E-state index contributed by atoms with van der Waals surface area (Å²) in [6, 6.07) is 5.85. The van der Waals surface area contributed by atoms with Crippen molar-refractivity contribution >= 4 is 11.7 Å². The Bertz CT molecular complexity index is 435. The fourth-order valence-corrected chi connectivity index (χ4v) is 2.39. The smallest absolute Gasteiger partial charge is 0.322 e. The van der Waals surface area contributed by atoms with Gasteiger partial charge in [-0.1, -0.05) is 0 Å². The third-order valence-electron chi connectivity index (χ3n) is 3.67. The van der Waals surface area contributed by atoms with E-state index in [9.17, 15) is 9.18 Å². The van der Waals surface area contributed by atoms with E-state index in [0.717, 1.165) is 12.8 Å². The molecule has 2 atom stereocenters.